The zero-order valence-electron chi connectivity index (χ0n) is 10.5. The van der Waals surface area contributed by atoms with Crippen molar-refractivity contribution in [3.63, 3.8) is 0 Å². The molecule has 3 rings (SSSR count). The zero-order valence-corrected chi connectivity index (χ0v) is 12.0. The molecule has 21 heavy (non-hydrogen) atoms. The Kier molecular flexibility index (Phi) is 3.34. The van der Waals surface area contributed by atoms with Crippen molar-refractivity contribution < 1.29 is 19.0 Å². The minimum Gasteiger partial charge on any atom is -0.476 e. The fourth-order valence-electron chi connectivity index (χ4n) is 1.90. The maximum Gasteiger partial charge on any atom is 0.358 e. The van der Waals surface area contributed by atoms with Gasteiger partial charge in [-0.2, -0.15) is 4.98 Å². The summed E-state index contributed by atoms with van der Waals surface area (Å²) in [6.07, 6.45) is 1.58. The molecule has 7 heteroatoms. The summed E-state index contributed by atoms with van der Waals surface area (Å²) < 4.78 is 20.4. The van der Waals surface area contributed by atoms with E-state index < -0.39 is 11.8 Å². The van der Waals surface area contributed by atoms with Gasteiger partial charge in [-0.1, -0.05) is 6.07 Å². The van der Waals surface area contributed by atoms with Crippen LogP contribution in [-0.4, -0.2) is 20.5 Å². The maximum atomic E-state index is 13.1. The molecule has 0 bridgehead atoms. The second-order valence-electron chi connectivity index (χ2n) is 4.18. The third kappa shape index (κ3) is 2.47. The lowest BCUT2D eigenvalue weighted by molar-refractivity contribution is 0.0686. The number of hydrogen-bond donors (Lipinski definition) is 1. The number of fused-ring (bicyclic) bond motifs is 1. The van der Waals surface area contributed by atoms with Gasteiger partial charge in [0, 0.05) is 6.20 Å². The second kappa shape index (κ2) is 5.17. The molecule has 3 aromatic rings. The summed E-state index contributed by atoms with van der Waals surface area (Å²) in [6, 6.07) is 8.94. The summed E-state index contributed by atoms with van der Waals surface area (Å²) in [6.45, 7) is 0. The van der Waals surface area contributed by atoms with Gasteiger partial charge in [0.1, 0.15) is 17.2 Å². The van der Waals surface area contributed by atoms with E-state index in [1.54, 1.807) is 24.4 Å². The molecule has 0 aliphatic carbocycles. The van der Waals surface area contributed by atoms with Crippen LogP contribution >= 0.6 is 15.9 Å². The summed E-state index contributed by atoms with van der Waals surface area (Å²) in [7, 11) is 0. The number of aromatic nitrogens is 2. The van der Waals surface area contributed by atoms with Gasteiger partial charge in [0.25, 0.3) is 5.88 Å². The van der Waals surface area contributed by atoms with Crippen molar-refractivity contribution in [2.75, 3.05) is 0 Å². The lowest BCUT2D eigenvalue weighted by atomic mass is 10.3. The normalized spacial score (nSPS) is 10.8. The van der Waals surface area contributed by atoms with Gasteiger partial charge in [-0.05, 0) is 46.3 Å². The van der Waals surface area contributed by atoms with E-state index in [2.05, 4.69) is 20.9 Å². The summed E-state index contributed by atoms with van der Waals surface area (Å²) in [5, 5.41) is 9.33. The van der Waals surface area contributed by atoms with Crippen LogP contribution in [-0.2, 0) is 0 Å². The van der Waals surface area contributed by atoms with Crippen LogP contribution in [0.15, 0.2) is 47.1 Å². The number of carboxylic acids is 1. The first-order valence-electron chi connectivity index (χ1n) is 5.89. The van der Waals surface area contributed by atoms with E-state index in [9.17, 15) is 14.3 Å². The van der Waals surface area contributed by atoms with Gasteiger partial charge in [-0.15, -0.1) is 0 Å². The van der Waals surface area contributed by atoms with Gasteiger partial charge in [-0.25, -0.2) is 9.18 Å². The number of benzene rings is 1. The SMILES string of the molecule is O=C(O)c1c(Oc2ccc(F)cc2Br)nc2ccccn12. The first-order chi connectivity index (χ1) is 10.1. The Morgan fingerprint density at radius 3 is 2.86 bits per heavy atom. The highest BCUT2D eigenvalue weighted by Gasteiger charge is 2.21. The monoisotopic (exact) mass is 350 g/mol. The average molecular weight is 351 g/mol. The largest absolute Gasteiger partial charge is 0.476 e. The Morgan fingerprint density at radius 1 is 1.33 bits per heavy atom. The number of ether oxygens (including phenoxy) is 1. The maximum absolute atomic E-state index is 13.1. The van der Waals surface area contributed by atoms with Crippen LogP contribution in [0.4, 0.5) is 4.39 Å². The molecule has 0 radical (unpaired) electrons. The van der Waals surface area contributed by atoms with Gasteiger partial charge >= 0.3 is 5.97 Å². The quantitative estimate of drug-likeness (QED) is 0.781. The van der Waals surface area contributed by atoms with Crippen LogP contribution in [0.5, 0.6) is 11.6 Å². The van der Waals surface area contributed by atoms with Gasteiger partial charge < -0.3 is 9.84 Å². The lowest BCUT2D eigenvalue weighted by Crippen LogP contribution is -2.03. The highest BCUT2D eigenvalue weighted by Crippen LogP contribution is 2.32. The third-order valence-corrected chi connectivity index (χ3v) is 3.42. The van der Waals surface area contributed by atoms with E-state index in [1.165, 1.54) is 22.6 Å². The number of rotatable bonds is 3. The molecular formula is C14H8BrFN2O3. The Labute approximate surface area is 126 Å². The molecule has 0 saturated carbocycles. The number of halogens is 2. The second-order valence-corrected chi connectivity index (χ2v) is 5.03. The van der Waals surface area contributed by atoms with Crippen molar-refractivity contribution in [1.82, 2.24) is 9.38 Å². The van der Waals surface area contributed by atoms with E-state index in [1.807, 2.05) is 0 Å². The van der Waals surface area contributed by atoms with E-state index in [4.69, 9.17) is 4.74 Å². The number of carbonyl (C=O) groups is 1. The Hall–Kier alpha value is -2.41. The summed E-state index contributed by atoms with van der Waals surface area (Å²) >= 11 is 3.16. The number of hydrogen-bond acceptors (Lipinski definition) is 3. The smallest absolute Gasteiger partial charge is 0.358 e. The van der Waals surface area contributed by atoms with E-state index in [0.717, 1.165) is 0 Å². The molecule has 0 aliphatic heterocycles. The van der Waals surface area contributed by atoms with Crippen molar-refractivity contribution in [1.29, 1.82) is 0 Å². The van der Waals surface area contributed by atoms with Crippen molar-refractivity contribution in [2.24, 2.45) is 0 Å². The molecule has 1 aromatic carbocycles. The van der Waals surface area contributed by atoms with Crippen molar-refractivity contribution in [2.45, 2.75) is 0 Å². The number of pyridine rings is 1. The molecule has 0 atom stereocenters. The molecule has 0 aliphatic rings. The molecule has 2 heterocycles. The minimum atomic E-state index is -1.16. The number of carboxylic acid groups (broad SMARTS) is 1. The molecule has 2 aromatic heterocycles. The molecule has 1 N–H and O–H groups in total. The van der Waals surface area contributed by atoms with Crippen LogP contribution in [0, 0.1) is 5.82 Å². The highest BCUT2D eigenvalue weighted by atomic mass is 79.9. The van der Waals surface area contributed by atoms with E-state index in [-0.39, 0.29) is 17.3 Å². The molecule has 5 nitrogen and oxygen atoms in total. The van der Waals surface area contributed by atoms with Crippen LogP contribution in [0.1, 0.15) is 10.5 Å². The lowest BCUT2D eigenvalue weighted by Gasteiger charge is -2.05. The van der Waals surface area contributed by atoms with Crippen LogP contribution in [0.25, 0.3) is 5.65 Å². The van der Waals surface area contributed by atoms with Crippen LogP contribution in [0.2, 0.25) is 0 Å². The Morgan fingerprint density at radius 2 is 2.14 bits per heavy atom. The first-order valence-corrected chi connectivity index (χ1v) is 6.69. The molecule has 0 unspecified atom stereocenters. The van der Waals surface area contributed by atoms with Gasteiger partial charge in [0.05, 0.1) is 4.47 Å². The predicted molar refractivity (Wildman–Crippen MR) is 76.3 cm³/mol. The van der Waals surface area contributed by atoms with Crippen molar-refractivity contribution >= 4 is 27.5 Å². The Balaban J connectivity index is 2.12. The molecule has 0 saturated heterocycles. The van der Waals surface area contributed by atoms with E-state index >= 15 is 0 Å². The van der Waals surface area contributed by atoms with Crippen molar-refractivity contribution in [3.05, 3.63) is 58.6 Å². The van der Waals surface area contributed by atoms with Gasteiger partial charge in [-0.3, -0.25) is 4.40 Å². The molecule has 0 fully saturated rings. The third-order valence-electron chi connectivity index (χ3n) is 2.80. The molecule has 0 amide bonds. The topological polar surface area (TPSA) is 63.8 Å². The summed E-state index contributed by atoms with van der Waals surface area (Å²) in [5.41, 5.74) is 0.352. The van der Waals surface area contributed by atoms with Crippen molar-refractivity contribution in [3.8, 4) is 11.6 Å². The fourth-order valence-corrected chi connectivity index (χ4v) is 2.33. The first kappa shape index (κ1) is 13.6. The summed E-state index contributed by atoms with van der Waals surface area (Å²) in [4.78, 5) is 15.6. The minimum absolute atomic E-state index is 0.0546. The van der Waals surface area contributed by atoms with Gasteiger partial charge in [0.2, 0.25) is 0 Å². The van der Waals surface area contributed by atoms with Crippen LogP contribution < -0.4 is 4.74 Å². The highest BCUT2D eigenvalue weighted by molar-refractivity contribution is 9.10. The molecule has 106 valence electrons. The van der Waals surface area contributed by atoms with Crippen LogP contribution in [0.3, 0.4) is 0 Å². The number of imidazole rings is 1. The van der Waals surface area contributed by atoms with E-state index in [0.29, 0.717) is 10.1 Å². The average Bonchev–Trinajstić information content (AvgIpc) is 2.80. The summed E-state index contributed by atoms with van der Waals surface area (Å²) in [5.74, 6) is -1.37. The molecule has 0 spiro atoms. The molecular weight excluding hydrogens is 343 g/mol. The Bertz CT molecular complexity index is 847. The standard InChI is InChI=1S/C14H8BrFN2O3/c15-9-7-8(16)4-5-10(9)21-13-12(14(19)20)18-6-2-1-3-11(18)17-13/h1-7H,(H,19,20). The fraction of sp³-hybridized carbons (Fsp3) is 0. The predicted octanol–water partition coefficient (Wildman–Crippen LogP) is 3.73. The zero-order chi connectivity index (χ0) is 15.0. The van der Waals surface area contributed by atoms with Gasteiger partial charge in [0.15, 0.2) is 5.69 Å². The number of nitrogens with zero attached hydrogens (tertiary/aromatic N) is 2. The number of aromatic carboxylic acids is 1.